The average Bonchev–Trinajstić information content (AvgIpc) is 2.62. The lowest BCUT2D eigenvalue weighted by Crippen LogP contribution is -2.19. The van der Waals surface area contributed by atoms with E-state index in [1.807, 2.05) is 30.5 Å². The van der Waals surface area contributed by atoms with Crippen LogP contribution in [-0.2, 0) is 0 Å². The molecule has 0 aliphatic carbocycles. The Morgan fingerprint density at radius 3 is 1.78 bits per heavy atom. The fourth-order valence-corrected chi connectivity index (χ4v) is 2.75. The van der Waals surface area contributed by atoms with Crippen LogP contribution in [0.1, 0.15) is 5.56 Å². The highest BCUT2D eigenvalue weighted by Crippen LogP contribution is 2.36. The molecule has 116 valence electrons. The highest BCUT2D eigenvalue weighted by molar-refractivity contribution is 5.80. The predicted octanol–water partition coefficient (Wildman–Crippen LogP) is 4.93. The van der Waals surface area contributed by atoms with Gasteiger partial charge in [-0.25, -0.2) is 4.98 Å². The maximum atomic E-state index is 4.65. The molecule has 0 N–H and O–H groups in total. The van der Waals surface area contributed by atoms with Gasteiger partial charge in [-0.1, -0.05) is 36.4 Å². The van der Waals surface area contributed by atoms with Gasteiger partial charge in [0, 0.05) is 31.7 Å². The molecule has 3 heteroatoms. The maximum Gasteiger partial charge on any atom is 0.157 e. The Balaban J connectivity index is 2.07. The van der Waals surface area contributed by atoms with Crippen LogP contribution in [0.15, 0.2) is 72.9 Å². The van der Waals surface area contributed by atoms with E-state index in [-0.39, 0.29) is 0 Å². The zero-order valence-electron chi connectivity index (χ0n) is 13.8. The predicted molar refractivity (Wildman–Crippen MR) is 98.0 cm³/mol. The van der Waals surface area contributed by atoms with Gasteiger partial charge < -0.3 is 9.80 Å². The molecule has 0 saturated heterocycles. The van der Waals surface area contributed by atoms with Gasteiger partial charge in [0.1, 0.15) is 0 Å². The second-order valence-corrected chi connectivity index (χ2v) is 5.59. The van der Waals surface area contributed by atoms with E-state index in [4.69, 9.17) is 0 Å². The third kappa shape index (κ3) is 3.04. The van der Waals surface area contributed by atoms with E-state index in [2.05, 4.69) is 78.3 Å². The van der Waals surface area contributed by atoms with Crippen molar-refractivity contribution in [3.05, 3.63) is 78.5 Å². The molecular formula is C20H21N3. The van der Waals surface area contributed by atoms with Gasteiger partial charge in [0.05, 0.1) is 5.69 Å². The fourth-order valence-electron chi connectivity index (χ4n) is 2.75. The summed E-state index contributed by atoms with van der Waals surface area (Å²) in [5.74, 6) is 0.947. The Bertz CT molecular complexity index is 769. The van der Waals surface area contributed by atoms with E-state index in [1.54, 1.807) is 0 Å². The van der Waals surface area contributed by atoms with Gasteiger partial charge in [0.25, 0.3) is 0 Å². The fraction of sp³-hybridized carbons (Fsp3) is 0.150. The van der Waals surface area contributed by atoms with Crippen LogP contribution in [0.2, 0.25) is 0 Å². The normalized spacial score (nSPS) is 10.4. The van der Waals surface area contributed by atoms with Gasteiger partial charge in [-0.05, 0) is 42.8 Å². The van der Waals surface area contributed by atoms with Crippen molar-refractivity contribution in [1.82, 2.24) is 4.98 Å². The number of aromatic nitrogens is 1. The number of hydrogen-bond donors (Lipinski definition) is 0. The van der Waals surface area contributed by atoms with Crippen LogP contribution < -0.4 is 9.80 Å². The smallest absolute Gasteiger partial charge is 0.157 e. The molecule has 0 aliphatic heterocycles. The molecular weight excluding hydrogens is 282 g/mol. The number of anilines is 4. The van der Waals surface area contributed by atoms with Crippen LogP contribution in [0.3, 0.4) is 0 Å². The molecule has 3 aromatic rings. The summed E-state index contributed by atoms with van der Waals surface area (Å²) in [6, 6.07) is 22.7. The molecule has 0 radical (unpaired) electrons. The van der Waals surface area contributed by atoms with Gasteiger partial charge >= 0.3 is 0 Å². The monoisotopic (exact) mass is 303 g/mol. The first-order valence-corrected chi connectivity index (χ1v) is 7.71. The first-order valence-electron chi connectivity index (χ1n) is 7.71. The highest BCUT2D eigenvalue weighted by Gasteiger charge is 2.17. The maximum absolute atomic E-state index is 4.65. The number of para-hydroxylation sites is 2. The molecule has 0 bridgehead atoms. The van der Waals surface area contributed by atoms with Crippen molar-refractivity contribution in [2.45, 2.75) is 6.92 Å². The Labute approximate surface area is 137 Å². The molecule has 2 aromatic carbocycles. The molecule has 3 rings (SSSR count). The van der Waals surface area contributed by atoms with Crippen molar-refractivity contribution in [3.8, 4) is 0 Å². The van der Waals surface area contributed by atoms with Crippen LogP contribution in [-0.4, -0.2) is 19.1 Å². The van der Waals surface area contributed by atoms with Gasteiger partial charge in [-0.2, -0.15) is 0 Å². The second kappa shape index (κ2) is 6.53. The zero-order valence-corrected chi connectivity index (χ0v) is 13.8. The summed E-state index contributed by atoms with van der Waals surface area (Å²) in [4.78, 5) is 8.96. The van der Waals surface area contributed by atoms with Crippen LogP contribution in [0.25, 0.3) is 0 Å². The standard InChI is InChI=1S/C20H21N3/c1-16-14-15-21-20(23(3)18-12-8-5-9-13-18)19(16)22(2)17-10-6-4-7-11-17/h4-15H,1-3H3. The SMILES string of the molecule is Cc1ccnc(N(C)c2ccccc2)c1N(C)c1ccccc1. The molecule has 23 heavy (non-hydrogen) atoms. The van der Waals surface area contributed by atoms with E-state index < -0.39 is 0 Å². The summed E-state index contributed by atoms with van der Waals surface area (Å²) in [5.41, 5.74) is 4.58. The number of benzene rings is 2. The van der Waals surface area contributed by atoms with E-state index in [9.17, 15) is 0 Å². The summed E-state index contributed by atoms with van der Waals surface area (Å²) in [5, 5.41) is 0. The lowest BCUT2D eigenvalue weighted by atomic mass is 10.1. The van der Waals surface area contributed by atoms with Gasteiger partial charge in [-0.3, -0.25) is 0 Å². The number of nitrogens with zero attached hydrogens (tertiary/aromatic N) is 3. The minimum absolute atomic E-state index is 0.947. The quantitative estimate of drug-likeness (QED) is 0.681. The van der Waals surface area contributed by atoms with Crippen LogP contribution >= 0.6 is 0 Å². The second-order valence-electron chi connectivity index (χ2n) is 5.59. The summed E-state index contributed by atoms with van der Waals surface area (Å²) in [7, 11) is 4.14. The van der Waals surface area contributed by atoms with Crippen molar-refractivity contribution in [1.29, 1.82) is 0 Å². The lowest BCUT2D eigenvalue weighted by molar-refractivity contribution is 1.08. The molecule has 0 saturated carbocycles. The Morgan fingerprint density at radius 2 is 1.22 bits per heavy atom. The Hall–Kier alpha value is -2.81. The first-order chi connectivity index (χ1) is 11.2. The minimum atomic E-state index is 0.947. The molecule has 0 aliphatic rings. The minimum Gasteiger partial charge on any atom is -0.341 e. The zero-order chi connectivity index (χ0) is 16.2. The molecule has 0 atom stereocenters. The highest BCUT2D eigenvalue weighted by atomic mass is 15.2. The van der Waals surface area contributed by atoms with E-state index in [1.165, 1.54) is 5.56 Å². The number of pyridine rings is 1. The van der Waals surface area contributed by atoms with E-state index >= 15 is 0 Å². The number of aryl methyl sites for hydroxylation is 1. The Kier molecular flexibility index (Phi) is 4.29. The third-order valence-corrected chi connectivity index (χ3v) is 4.05. The van der Waals surface area contributed by atoms with E-state index in [0.717, 1.165) is 22.9 Å². The number of hydrogen-bond acceptors (Lipinski definition) is 3. The summed E-state index contributed by atoms with van der Waals surface area (Å²) in [6.45, 7) is 2.12. The van der Waals surface area contributed by atoms with Crippen LogP contribution in [0.5, 0.6) is 0 Å². The van der Waals surface area contributed by atoms with Crippen molar-refractivity contribution in [2.24, 2.45) is 0 Å². The van der Waals surface area contributed by atoms with Crippen molar-refractivity contribution in [3.63, 3.8) is 0 Å². The molecule has 0 fully saturated rings. The third-order valence-electron chi connectivity index (χ3n) is 4.05. The van der Waals surface area contributed by atoms with Crippen LogP contribution in [0, 0.1) is 6.92 Å². The molecule has 3 nitrogen and oxygen atoms in total. The summed E-state index contributed by atoms with van der Waals surface area (Å²) >= 11 is 0. The molecule has 1 heterocycles. The van der Waals surface area contributed by atoms with E-state index in [0.29, 0.717) is 0 Å². The largest absolute Gasteiger partial charge is 0.341 e. The number of rotatable bonds is 4. The van der Waals surface area contributed by atoms with Crippen LogP contribution in [0.4, 0.5) is 22.9 Å². The molecule has 1 aromatic heterocycles. The topological polar surface area (TPSA) is 19.4 Å². The summed E-state index contributed by atoms with van der Waals surface area (Å²) < 4.78 is 0. The van der Waals surface area contributed by atoms with Gasteiger partial charge in [-0.15, -0.1) is 0 Å². The van der Waals surface area contributed by atoms with Crippen molar-refractivity contribution >= 4 is 22.9 Å². The average molecular weight is 303 g/mol. The van der Waals surface area contributed by atoms with Gasteiger partial charge in [0.15, 0.2) is 5.82 Å². The summed E-state index contributed by atoms with van der Waals surface area (Å²) in [6.07, 6.45) is 1.87. The lowest BCUT2D eigenvalue weighted by Gasteiger charge is -2.28. The molecule has 0 amide bonds. The Morgan fingerprint density at radius 1 is 0.696 bits per heavy atom. The first kappa shape index (κ1) is 15.1. The van der Waals surface area contributed by atoms with Crippen molar-refractivity contribution in [2.75, 3.05) is 23.9 Å². The molecule has 0 unspecified atom stereocenters. The van der Waals surface area contributed by atoms with Crippen molar-refractivity contribution < 1.29 is 0 Å². The van der Waals surface area contributed by atoms with Gasteiger partial charge in [0.2, 0.25) is 0 Å². The molecule has 0 spiro atoms.